The van der Waals surface area contributed by atoms with Crippen molar-refractivity contribution in [1.29, 1.82) is 0 Å². The van der Waals surface area contributed by atoms with Crippen molar-refractivity contribution in [2.75, 3.05) is 13.1 Å². The van der Waals surface area contributed by atoms with Crippen molar-refractivity contribution >= 4 is 46.4 Å². The number of ether oxygens (including phenoxy) is 1. The Morgan fingerprint density at radius 2 is 1.73 bits per heavy atom. The minimum atomic E-state index is -1.36. The van der Waals surface area contributed by atoms with Crippen molar-refractivity contribution in [3.63, 3.8) is 0 Å². The first-order valence-electron chi connectivity index (χ1n) is 20.5. The van der Waals surface area contributed by atoms with Gasteiger partial charge in [0.05, 0.1) is 41.3 Å². The van der Waals surface area contributed by atoms with E-state index < -0.39 is 65.3 Å². The lowest BCUT2D eigenvalue weighted by Gasteiger charge is -2.32. The van der Waals surface area contributed by atoms with Gasteiger partial charge in [0.25, 0.3) is 11.8 Å². The summed E-state index contributed by atoms with van der Waals surface area (Å²) in [5.74, 6) is -3.77. The van der Waals surface area contributed by atoms with Crippen molar-refractivity contribution in [2.45, 2.75) is 114 Å². The fourth-order valence-electron chi connectivity index (χ4n) is 8.16. The summed E-state index contributed by atoms with van der Waals surface area (Å²) in [5.41, 5.74) is 6.24. The van der Waals surface area contributed by atoms with Crippen molar-refractivity contribution < 1.29 is 38.6 Å². The molecule has 18 heteroatoms. The number of aliphatic hydroxyl groups is 1. The molecule has 1 aliphatic carbocycles. The number of unbranched alkanes of at least 4 members (excludes halogenated alkanes) is 1. The molecule has 0 bridgehead atoms. The van der Waals surface area contributed by atoms with Gasteiger partial charge in [0.15, 0.2) is 0 Å². The molecular weight excluding hydrogens is 773 g/mol. The van der Waals surface area contributed by atoms with E-state index in [9.17, 15) is 33.9 Å². The molecule has 0 spiro atoms. The van der Waals surface area contributed by atoms with E-state index in [1.54, 1.807) is 38.2 Å². The number of amides is 5. The first-order valence-corrected chi connectivity index (χ1v) is 20.5. The summed E-state index contributed by atoms with van der Waals surface area (Å²) in [7, 11) is 0. The van der Waals surface area contributed by atoms with Gasteiger partial charge < -0.3 is 36.4 Å². The smallest absolute Gasteiger partial charge is 0.407 e. The zero-order valence-corrected chi connectivity index (χ0v) is 34.0. The number of likely N-dealkylation sites (tertiary alicyclic amines) is 1. The molecule has 4 atom stereocenters. The molecule has 7 N–H and O–H groups in total. The molecule has 2 aromatic heterocycles. The number of ketones is 1. The number of carbonyl (C=O) groups is 6. The molecule has 18 nitrogen and oxygen atoms in total. The summed E-state index contributed by atoms with van der Waals surface area (Å²) >= 11 is 0. The highest BCUT2D eigenvalue weighted by Crippen LogP contribution is 2.34. The molecule has 6 rings (SSSR count). The molecule has 3 heterocycles. The van der Waals surface area contributed by atoms with Gasteiger partial charge in [0.1, 0.15) is 24.3 Å². The van der Waals surface area contributed by atoms with Crippen LogP contribution >= 0.6 is 0 Å². The first kappa shape index (κ1) is 43.4. The molecule has 5 amide bonds. The molecule has 2 fully saturated rings. The Morgan fingerprint density at radius 1 is 0.967 bits per heavy atom. The fraction of sp³-hybridized carbons (Fsp3) is 0.500. The lowest BCUT2D eigenvalue weighted by atomic mass is 9.84. The van der Waals surface area contributed by atoms with Crippen molar-refractivity contribution in [3.05, 3.63) is 77.7 Å². The van der Waals surface area contributed by atoms with Crippen LogP contribution in [0.1, 0.15) is 106 Å². The van der Waals surface area contributed by atoms with Gasteiger partial charge in [-0.2, -0.15) is 5.10 Å². The second-order valence-electron chi connectivity index (χ2n) is 16.2. The Labute approximate surface area is 347 Å². The number of nitrogens with one attached hydrogen (secondary N) is 4. The van der Waals surface area contributed by atoms with Crippen LogP contribution in [0, 0.1) is 5.92 Å². The standard InChI is InChI=1S/C42H54N10O8/c1-42(2,59)35-23-46-50-52(35)28-21-34(39(56)47-32(36(53)37(43)54)17-9-10-19-44-41(58)60-25-27-14-7-4-8-15-27)51(24-28)40(57)33(20-26-12-5-3-6-13-26)48-38(55)29-16-11-18-31-30(29)22-45-49-31/h4,7-8,11,14-16,18,22-23,26,28,32-34,59H,3,5-6,9-10,12-13,17,19-21,24-25H2,1-2H3,(H2,43,54)(H,44,58)(H,45,49)(H,47,56)(H,48,55)/t28-,32?,33+,34-/m0/s1. The van der Waals surface area contributed by atoms with Crippen LogP contribution in [0.4, 0.5) is 4.79 Å². The van der Waals surface area contributed by atoms with Gasteiger partial charge in [-0.15, -0.1) is 5.10 Å². The lowest BCUT2D eigenvalue weighted by molar-refractivity contribution is -0.142. The van der Waals surface area contributed by atoms with Crippen LogP contribution in [-0.2, 0) is 36.1 Å². The quantitative estimate of drug-likeness (QED) is 0.0628. The largest absolute Gasteiger partial charge is 0.445 e. The van der Waals surface area contributed by atoms with E-state index in [-0.39, 0.29) is 38.5 Å². The number of aromatic amines is 1. The molecule has 1 saturated heterocycles. The van der Waals surface area contributed by atoms with E-state index in [4.69, 9.17) is 10.5 Å². The predicted octanol–water partition coefficient (Wildman–Crippen LogP) is 2.93. The lowest BCUT2D eigenvalue weighted by Crippen LogP contribution is -2.56. The minimum absolute atomic E-state index is 0.0181. The topological polar surface area (TPSA) is 257 Å². The number of aromatic nitrogens is 5. The van der Waals surface area contributed by atoms with Gasteiger partial charge in [0, 0.05) is 24.9 Å². The summed E-state index contributed by atoms with van der Waals surface area (Å²) in [6.45, 7) is 3.42. The van der Waals surface area contributed by atoms with Gasteiger partial charge in [-0.3, -0.25) is 29.1 Å². The molecule has 0 radical (unpaired) electrons. The number of nitrogens with zero attached hydrogens (tertiary/aromatic N) is 5. The monoisotopic (exact) mass is 826 g/mol. The van der Waals surface area contributed by atoms with E-state index in [2.05, 4.69) is 36.5 Å². The highest BCUT2D eigenvalue weighted by atomic mass is 16.5. The van der Waals surface area contributed by atoms with Crippen LogP contribution in [-0.4, -0.2) is 102 Å². The third kappa shape index (κ3) is 10.9. The third-order valence-corrected chi connectivity index (χ3v) is 11.3. The SMILES string of the molecule is CC(C)(O)c1cnnn1[C@H]1C[C@@H](C(=O)NC(CCCCNC(=O)OCc2ccccc2)C(=O)C(N)=O)N(C(=O)[C@@H](CC2CCCCC2)NC(=O)c2cccc3[nH]ncc23)C1. The summed E-state index contributed by atoms with van der Waals surface area (Å²) < 4.78 is 6.73. The zero-order chi connectivity index (χ0) is 42.8. The molecule has 60 heavy (non-hydrogen) atoms. The van der Waals surface area contributed by atoms with Gasteiger partial charge in [-0.1, -0.05) is 73.7 Å². The Balaban J connectivity index is 1.20. The highest BCUT2D eigenvalue weighted by molar-refractivity contribution is 6.37. The Morgan fingerprint density at radius 3 is 2.47 bits per heavy atom. The number of carbonyl (C=O) groups excluding carboxylic acids is 6. The number of rotatable bonds is 18. The summed E-state index contributed by atoms with van der Waals surface area (Å²) in [4.78, 5) is 82.1. The van der Waals surface area contributed by atoms with E-state index >= 15 is 0 Å². The van der Waals surface area contributed by atoms with Gasteiger partial charge in [0.2, 0.25) is 17.6 Å². The summed E-state index contributed by atoms with van der Waals surface area (Å²) in [6, 6.07) is 10.2. The Hall–Kier alpha value is -6.17. The second kappa shape index (κ2) is 19.7. The van der Waals surface area contributed by atoms with E-state index in [1.807, 2.05) is 30.3 Å². The molecular formula is C42H54N10O8. The number of nitrogens with two attached hydrogens (primary N) is 1. The second-order valence-corrected chi connectivity index (χ2v) is 16.2. The number of hydrogen-bond donors (Lipinski definition) is 6. The van der Waals surface area contributed by atoms with Crippen molar-refractivity contribution in [3.8, 4) is 0 Å². The molecule has 320 valence electrons. The number of benzene rings is 2. The first-order chi connectivity index (χ1) is 28.8. The Kier molecular flexibility index (Phi) is 14.3. The van der Waals surface area contributed by atoms with Crippen LogP contribution in [0.5, 0.6) is 0 Å². The average Bonchev–Trinajstić information content (AvgIpc) is 4.03. The average molecular weight is 827 g/mol. The molecule has 2 aliphatic rings. The van der Waals surface area contributed by atoms with Gasteiger partial charge >= 0.3 is 6.09 Å². The van der Waals surface area contributed by atoms with Crippen molar-refractivity contribution in [2.24, 2.45) is 11.7 Å². The Bertz CT molecular complexity index is 2140. The summed E-state index contributed by atoms with van der Waals surface area (Å²) in [6.07, 6.45) is 8.29. The molecule has 1 saturated carbocycles. The van der Waals surface area contributed by atoms with Crippen LogP contribution in [0.2, 0.25) is 0 Å². The third-order valence-electron chi connectivity index (χ3n) is 11.3. The van der Waals surface area contributed by atoms with E-state index in [1.165, 1.54) is 15.8 Å². The van der Waals surface area contributed by atoms with Gasteiger partial charge in [-0.05, 0) is 63.1 Å². The maximum atomic E-state index is 14.9. The number of alkyl carbamates (subject to hydrolysis) is 1. The van der Waals surface area contributed by atoms with Crippen LogP contribution < -0.4 is 21.7 Å². The normalized spacial score (nSPS) is 18.1. The zero-order valence-electron chi connectivity index (χ0n) is 34.0. The number of fused-ring (bicyclic) bond motifs is 1. The van der Waals surface area contributed by atoms with Gasteiger partial charge in [-0.25, -0.2) is 9.48 Å². The van der Waals surface area contributed by atoms with Crippen LogP contribution in [0.3, 0.4) is 0 Å². The van der Waals surface area contributed by atoms with E-state index in [0.717, 1.165) is 37.7 Å². The molecule has 2 aromatic carbocycles. The van der Waals surface area contributed by atoms with Crippen LogP contribution in [0.15, 0.2) is 60.9 Å². The predicted molar refractivity (Wildman–Crippen MR) is 218 cm³/mol. The minimum Gasteiger partial charge on any atom is -0.445 e. The number of Topliss-reactive ketones (excluding diaryl/α,β-unsaturated/α-hetero) is 1. The molecule has 1 unspecified atom stereocenters. The summed E-state index contributed by atoms with van der Waals surface area (Å²) in [5, 5.41) is 35.0. The molecule has 4 aromatic rings. The van der Waals surface area contributed by atoms with Crippen LogP contribution in [0.25, 0.3) is 10.9 Å². The number of hydrogen-bond acceptors (Lipinski definition) is 11. The van der Waals surface area contributed by atoms with Crippen molar-refractivity contribution in [1.82, 2.24) is 46.0 Å². The maximum Gasteiger partial charge on any atom is 0.407 e. The van der Waals surface area contributed by atoms with E-state index in [0.29, 0.717) is 41.4 Å². The highest BCUT2D eigenvalue weighted by Gasteiger charge is 2.45. The fourth-order valence-corrected chi connectivity index (χ4v) is 8.16. The number of primary amides is 1. The molecule has 1 aliphatic heterocycles. The number of H-pyrrole nitrogens is 1. The maximum absolute atomic E-state index is 14.9.